The van der Waals surface area contributed by atoms with Crippen LogP contribution in [0.25, 0.3) is 0 Å². The maximum atomic E-state index is 13.2. The van der Waals surface area contributed by atoms with Crippen molar-refractivity contribution in [3.63, 3.8) is 0 Å². The molecule has 0 amide bonds. The van der Waals surface area contributed by atoms with Gasteiger partial charge in [-0.25, -0.2) is 0 Å². The van der Waals surface area contributed by atoms with Crippen molar-refractivity contribution in [2.75, 3.05) is 20.3 Å². The standard InChI is InChI=1S/C23H30O4/c1-6-26-21(27-7-2)16-23(22(24)25-5,19-12-8-17(3)9-13-19)20-14-10-18(4)11-15-20/h8-15,21H,6-7,16H2,1-5H3. The van der Waals surface area contributed by atoms with Crippen LogP contribution in [0, 0.1) is 13.8 Å². The Hall–Kier alpha value is -2.17. The highest BCUT2D eigenvalue weighted by Crippen LogP contribution is 2.39. The molecule has 0 spiro atoms. The van der Waals surface area contributed by atoms with Gasteiger partial charge in [0.2, 0.25) is 0 Å². The molecule has 0 fully saturated rings. The van der Waals surface area contributed by atoms with E-state index in [0.717, 1.165) is 22.3 Å². The summed E-state index contributed by atoms with van der Waals surface area (Å²) < 4.78 is 16.9. The number of ether oxygens (including phenoxy) is 3. The number of hydrogen-bond acceptors (Lipinski definition) is 4. The molecule has 0 radical (unpaired) electrons. The second kappa shape index (κ2) is 9.67. The van der Waals surface area contributed by atoms with Gasteiger partial charge in [-0.05, 0) is 38.8 Å². The minimum absolute atomic E-state index is 0.320. The lowest BCUT2D eigenvalue weighted by molar-refractivity contribution is -0.164. The van der Waals surface area contributed by atoms with E-state index in [9.17, 15) is 4.79 Å². The molecule has 2 aromatic rings. The SMILES string of the molecule is CCOC(CC(C(=O)OC)(c1ccc(C)cc1)c1ccc(C)cc1)OCC. The predicted octanol–water partition coefficient (Wildman–Crippen LogP) is 4.55. The lowest BCUT2D eigenvalue weighted by Crippen LogP contribution is -2.42. The predicted molar refractivity (Wildman–Crippen MR) is 107 cm³/mol. The van der Waals surface area contributed by atoms with Crippen LogP contribution in [0.1, 0.15) is 42.5 Å². The number of carbonyl (C=O) groups excluding carboxylic acids is 1. The summed E-state index contributed by atoms with van der Waals surface area (Å²) in [6.07, 6.45) is -0.172. The zero-order valence-electron chi connectivity index (χ0n) is 17.0. The van der Waals surface area contributed by atoms with Crippen molar-refractivity contribution >= 4 is 5.97 Å². The molecule has 0 bridgehead atoms. The first-order valence-electron chi connectivity index (χ1n) is 9.43. The second-order valence-corrected chi connectivity index (χ2v) is 6.67. The van der Waals surface area contributed by atoms with Crippen LogP contribution in [0.3, 0.4) is 0 Å². The fraction of sp³-hybridized carbons (Fsp3) is 0.435. The molecule has 4 heteroatoms. The smallest absolute Gasteiger partial charge is 0.321 e. The molecule has 2 aromatic carbocycles. The van der Waals surface area contributed by atoms with E-state index in [4.69, 9.17) is 14.2 Å². The van der Waals surface area contributed by atoms with Crippen LogP contribution < -0.4 is 0 Å². The van der Waals surface area contributed by atoms with Gasteiger partial charge in [0.05, 0.1) is 7.11 Å². The molecule has 0 saturated carbocycles. The second-order valence-electron chi connectivity index (χ2n) is 6.67. The Morgan fingerprint density at radius 2 is 1.26 bits per heavy atom. The van der Waals surface area contributed by atoms with Gasteiger partial charge in [0.15, 0.2) is 6.29 Å². The molecule has 0 aromatic heterocycles. The molecular formula is C23H30O4. The molecule has 146 valence electrons. The monoisotopic (exact) mass is 370 g/mol. The van der Waals surface area contributed by atoms with Crippen molar-refractivity contribution in [3.8, 4) is 0 Å². The first kappa shape index (κ1) is 21.1. The van der Waals surface area contributed by atoms with Crippen molar-refractivity contribution in [1.29, 1.82) is 0 Å². The van der Waals surface area contributed by atoms with E-state index in [1.54, 1.807) is 0 Å². The van der Waals surface area contributed by atoms with Crippen LogP contribution >= 0.6 is 0 Å². The Bertz CT molecular complexity index is 668. The van der Waals surface area contributed by atoms with E-state index < -0.39 is 11.7 Å². The first-order valence-corrected chi connectivity index (χ1v) is 9.43. The summed E-state index contributed by atoms with van der Waals surface area (Å²) in [6.45, 7) is 8.90. The highest BCUT2D eigenvalue weighted by molar-refractivity contribution is 5.87. The zero-order chi connectivity index (χ0) is 19.9. The Kier molecular flexibility index (Phi) is 7.57. The summed E-state index contributed by atoms with van der Waals surface area (Å²) in [7, 11) is 1.43. The summed E-state index contributed by atoms with van der Waals surface area (Å²) in [4.78, 5) is 13.2. The van der Waals surface area contributed by atoms with Crippen LogP contribution in [0.5, 0.6) is 0 Å². The molecule has 0 N–H and O–H groups in total. The highest BCUT2D eigenvalue weighted by Gasteiger charge is 2.45. The third-order valence-corrected chi connectivity index (χ3v) is 4.80. The fourth-order valence-electron chi connectivity index (χ4n) is 3.36. The van der Waals surface area contributed by atoms with Crippen LogP contribution in [-0.2, 0) is 24.4 Å². The largest absolute Gasteiger partial charge is 0.468 e. The molecule has 27 heavy (non-hydrogen) atoms. The van der Waals surface area contributed by atoms with Gasteiger partial charge in [-0.2, -0.15) is 0 Å². The van der Waals surface area contributed by atoms with Gasteiger partial charge < -0.3 is 14.2 Å². The topological polar surface area (TPSA) is 44.8 Å². The van der Waals surface area contributed by atoms with Crippen LogP contribution in [0.4, 0.5) is 0 Å². The van der Waals surface area contributed by atoms with Crippen molar-refractivity contribution < 1.29 is 19.0 Å². The number of methoxy groups -OCH3 is 1. The Morgan fingerprint density at radius 1 is 0.852 bits per heavy atom. The van der Waals surface area contributed by atoms with E-state index in [-0.39, 0.29) is 5.97 Å². The number of aryl methyl sites for hydroxylation is 2. The minimum atomic E-state index is -1.01. The van der Waals surface area contributed by atoms with Gasteiger partial charge in [0.25, 0.3) is 0 Å². The summed E-state index contributed by atoms with van der Waals surface area (Å²) in [5.74, 6) is -0.320. The number of carbonyl (C=O) groups is 1. The van der Waals surface area contributed by atoms with Crippen LogP contribution in [0.2, 0.25) is 0 Å². The summed E-state index contributed by atoms with van der Waals surface area (Å²) >= 11 is 0. The average molecular weight is 370 g/mol. The molecule has 0 aliphatic rings. The van der Waals surface area contributed by atoms with E-state index in [1.165, 1.54) is 7.11 Å². The Morgan fingerprint density at radius 3 is 1.59 bits per heavy atom. The van der Waals surface area contributed by atoms with Crippen molar-refractivity contribution in [2.24, 2.45) is 0 Å². The fourth-order valence-corrected chi connectivity index (χ4v) is 3.36. The van der Waals surface area contributed by atoms with Crippen molar-refractivity contribution in [3.05, 3.63) is 70.8 Å². The number of esters is 1. The van der Waals surface area contributed by atoms with Crippen molar-refractivity contribution in [2.45, 2.75) is 45.8 Å². The van der Waals surface area contributed by atoms with E-state index >= 15 is 0 Å². The number of benzene rings is 2. The van der Waals surface area contributed by atoms with Gasteiger partial charge in [-0.3, -0.25) is 4.79 Å². The quantitative estimate of drug-likeness (QED) is 0.480. The Labute approximate surface area is 162 Å². The van der Waals surface area contributed by atoms with Gasteiger partial charge in [0.1, 0.15) is 5.41 Å². The summed E-state index contributed by atoms with van der Waals surface area (Å²) in [6, 6.07) is 16.0. The van der Waals surface area contributed by atoms with Crippen LogP contribution in [-0.4, -0.2) is 32.6 Å². The molecule has 0 unspecified atom stereocenters. The van der Waals surface area contributed by atoms with Gasteiger partial charge in [-0.15, -0.1) is 0 Å². The van der Waals surface area contributed by atoms with E-state index in [1.807, 2.05) is 76.2 Å². The lowest BCUT2D eigenvalue weighted by Gasteiger charge is -2.35. The Balaban J connectivity index is 2.66. The molecule has 0 saturated heterocycles. The third-order valence-electron chi connectivity index (χ3n) is 4.80. The summed E-state index contributed by atoms with van der Waals surface area (Å²) in [5.41, 5.74) is 2.99. The van der Waals surface area contributed by atoms with Gasteiger partial charge in [0, 0.05) is 19.6 Å². The molecule has 2 rings (SSSR count). The van der Waals surface area contributed by atoms with E-state index in [2.05, 4.69) is 0 Å². The molecule has 0 atom stereocenters. The normalized spacial score (nSPS) is 11.6. The van der Waals surface area contributed by atoms with Gasteiger partial charge >= 0.3 is 5.97 Å². The molecular weight excluding hydrogens is 340 g/mol. The summed E-state index contributed by atoms with van der Waals surface area (Å²) in [5, 5.41) is 0. The van der Waals surface area contributed by atoms with Crippen LogP contribution in [0.15, 0.2) is 48.5 Å². The minimum Gasteiger partial charge on any atom is -0.468 e. The molecule has 0 aliphatic heterocycles. The molecule has 0 heterocycles. The first-order chi connectivity index (χ1) is 13.0. The third kappa shape index (κ3) is 4.76. The highest BCUT2D eigenvalue weighted by atomic mass is 16.7. The van der Waals surface area contributed by atoms with E-state index in [0.29, 0.717) is 19.6 Å². The van der Waals surface area contributed by atoms with Gasteiger partial charge in [-0.1, -0.05) is 59.7 Å². The molecule has 0 aliphatic carbocycles. The maximum absolute atomic E-state index is 13.2. The maximum Gasteiger partial charge on any atom is 0.321 e. The molecule has 4 nitrogen and oxygen atoms in total. The number of hydrogen-bond donors (Lipinski definition) is 0. The zero-order valence-corrected chi connectivity index (χ0v) is 17.0. The lowest BCUT2D eigenvalue weighted by atomic mass is 9.71. The average Bonchev–Trinajstić information content (AvgIpc) is 2.67. The van der Waals surface area contributed by atoms with Crippen molar-refractivity contribution in [1.82, 2.24) is 0 Å². The number of rotatable bonds is 9.